The van der Waals surface area contributed by atoms with Crippen molar-refractivity contribution in [2.24, 2.45) is 0 Å². The summed E-state index contributed by atoms with van der Waals surface area (Å²) in [6.07, 6.45) is 0.241. The van der Waals surface area contributed by atoms with Crippen LogP contribution >= 0.6 is 0 Å². The van der Waals surface area contributed by atoms with E-state index in [1.54, 1.807) is 0 Å². The molecule has 7 heteroatoms. The van der Waals surface area contributed by atoms with E-state index in [-0.39, 0.29) is 25.4 Å². The second-order valence-electron chi connectivity index (χ2n) is 6.72. The fourth-order valence-electron chi connectivity index (χ4n) is 2.97. The minimum atomic E-state index is -3.86. The number of hydrogen-bond acceptors (Lipinski definition) is 3. The smallest absolute Gasteiger partial charge is 0.352 e. The highest BCUT2D eigenvalue weighted by Gasteiger charge is 2.63. The summed E-state index contributed by atoms with van der Waals surface area (Å²) in [4.78, 5) is 13.3. The van der Waals surface area contributed by atoms with E-state index in [1.165, 1.54) is 12.1 Å². The van der Waals surface area contributed by atoms with Crippen molar-refractivity contribution < 1.29 is 28.2 Å². The van der Waals surface area contributed by atoms with Crippen LogP contribution in [0.1, 0.15) is 43.8 Å². The molecule has 3 rings (SSSR count). The Balaban J connectivity index is 1.75. The Hall–Kier alpha value is -1.60. The van der Waals surface area contributed by atoms with Crippen LogP contribution in [0, 0.1) is 5.82 Å². The van der Waals surface area contributed by atoms with Gasteiger partial charge in [-0.05, 0) is 49.8 Å². The zero-order valence-corrected chi connectivity index (χ0v) is 13.1. The Morgan fingerprint density at radius 3 is 2.33 bits per heavy atom. The van der Waals surface area contributed by atoms with Gasteiger partial charge in [0, 0.05) is 6.04 Å². The van der Waals surface area contributed by atoms with Crippen LogP contribution in [0.3, 0.4) is 0 Å². The molecule has 1 amide bonds. The first-order chi connectivity index (χ1) is 11.2. The minimum Gasteiger partial charge on any atom is -0.387 e. The standard InChI is InChI=1S/C17H20F3NO3/c18-12-4-2-11(3-5-12)14(22)10-21(13-6-7-13)15(23)17(19,20)16(24)8-1-9-16/h2-5,13-14,22,24H,1,6-10H2. The van der Waals surface area contributed by atoms with Gasteiger partial charge in [0.15, 0.2) is 0 Å². The van der Waals surface area contributed by atoms with Crippen molar-refractivity contribution in [3.63, 3.8) is 0 Å². The number of benzene rings is 1. The van der Waals surface area contributed by atoms with E-state index in [9.17, 15) is 28.2 Å². The monoisotopic (exact) mass is 343 g/mol. The number of aliphatic hydroxyl groups excluding tert-OH is 1. The third-order valence-electron chi connectivity index (χ3n) is 4.91. The molecule has 0 aromatic heterocycles. The van der Waals surface area contributed by atoms with Crippen LogP contribution in [-0.2, 0) is 4.79 Å². The number of carbonyl (C=O) groups excluding carboxylic acids is 1. The van der Waals surface area contributed by atoms with Gasteiger partial charge in [-0.1, -0.05) is 12.1 Å². The van der Waals surface area contributed by atoms with Gasteiger partial charge in [0.25, 0.3) is 5.91 Å². The lowest BCUT2D eigenvalue weighted by Crippen LogP contribution is -2.62. The van der Waals surface area contributed by atoms with Crippen molar-refractivity contribution in [1.82, 2.24) is 4.90 Å². The number of amides is 1. The topological polar surface area (TPSA) is 60.8 Å². The first-order valence-corrected chi connectivity index (χ1v) is 8.09. The van der Waals surface area contributed by atoms with Crippen molar-refractivity contribution in [2.75, 3.05) is 6.54 Å². The number of alkyl halides is 2. The van der Waals surface area contributed by atoms with Gasteiger partial charge in [-0.25, -0.2) is 4.39 Å². The number of aliphatic hydroxyl groups is 2. The molecular weight excluding hydrogens is 323 g/mol. The zero-order valence-electron chi connectivity index (χ0n) is 13.1. The quantitative estimate of drug-likeness (QED) is 0.834. The maximum Gasteiger partial charge on any atom is 0.352 e. The Morgan fingerprint density at radius 2 is 1.88 bits per heavy atom. The molecule has 24 heavy (non-hydrogen) atoms. The molecule has 132 valence electrons. The van der Waals surface area contributed by atoms with E-state index < -0.39 is 29.4 Å². The summed E-state index contributed by atoms with van der Waals surface area (Å²) in [6.45, 7) is -0.305. The maximum absolute atomic E-state index is 14.4. The van der Waals surface area contributed by atoms with E-state index in [0.717, 1.165) is 17.0 Å². The molecule has 2 aliphatic carbocycles. The zero-order chi connectivity index (χ0) is 17.5. The number of hydrogen-bond donors (Lipinski definition) is 2. The number of nitrogens with zero attached hydrogens (tertiary/aromatic N) is 1. The molecule has 0 saturated heterocycles. The molecule has 2 saturated carbocycles. The normalized spacial score (nSPS) is 21.0. The maximum atomic E-state index is 14.4. The van der Waals surface area contributed by atoms with E-state index >= 15 is 0 Å². The van der Waals surface area contributed by atoms with Crippen molar-refractivity contribution in [1.29, 1.82) is 0 Å². The molecule has 1 aromatic carbocycles. The first-order valence-electron chi connectivity index (χ1n) is 8.09. The van der Waals surface area contributed by atoms with Gasteiger partial charge in [-0.3, -0.25) is 4.79 Å². The highest BCUT2D eigenvalue weighted by molar-refractivity contribution is 5.85. The molecule has 2 aliphatic rings. The van der Waals surface area contributed by atoms with E-state index in [2.05, 4.69) is 0 Å². The van der Waals surface area contributed by atoms with Crippen LogP contribution < -0.4 is 0 Å². The van der Waals surface area contributed by atoms with Crippen LogP contribution in [0.5, 0.6) is 0 Å². The van der Waals surface area contributed by atoms with Gasteiger partial charge >= 0.3 is 5.92 Å². The highest BCUT2D eigenvalue weighted by Crippen LogP contribution is 2.46. The van der Waals surface area contributed by atoms with Gasteiger partial charge in [0.1, 0.15) is 11.4 Å². The second-order valence-corrected chi connectivity index (χ2v) is 6.72. The fourth-order valence-corrected chi connectivity index (χ4v) is 2.97. The van der Waals surface area contributed by atoms with E-state index in [4.69, 9.17) is 0 Å². The summed E-state index contributed by atoms with van der Waals surface area (Å²) in [5, 5.41) is 20.2. The summed E-state index contributed by atoms with van der Waals surface area (Å²) < 4.78 is 41.8. The average Bonchev–Trinajstić information content (AvgIpc) is 3.34. The number of halogens is 3. The molecule has 0 spiro atoms. The predicted molar refractivity (Wildman–Crippen MR) is 79.8 cm³/mol. The first kappa shape index (κ1) is 17.2. The molecule has 1 atom stereocenters. The minimum absolute atomic E-state index is 0.106. The van der Waals surface area contributed by atoms with Gasteiger partial charge in [0.2, 0.25) is 0 Å². The lowest BCUT2D eigenvalue weighted by atomic mass is 9.75. The van der Waals surface area contributed by atoms with Crippen molar-refractivity contribution >= 4 is 5.91 Å². The molecule has 2 N–H and O–H groups in total. The van der Waals surface area contributed by atoms with Gasteiger partial charge < -0.3 is 15.1 Å². The Labute approximate surface area is 137 Å². The third-order valence-corrected chi connectivity index (χ3v) is 4.91. The molecule has 1 unspecified atom stereocenters. The van der Waals surface area contributed by atoms with Gasteiger partial charge in [0.05, 0.1) is 12.6 Å². The molecule has 0 heterocycles. The van der Waals surface area contributed by atoms with Gasteiger partial charge in [-0.15, -0.1) is 0 Å². The molecule has 2 fully saturated rings. The van der Waals surface area contributed by atoms with Crippen LogP contribution in [0.15, 0.2) is 24.3 Å². The molecule has 0 aliphatic heterocycles. The lowest BCUT2D eigenvalue weighted by molar-refractivity contribution is -0.224. The van der Waals surface area contributed by atoms with E-state index in [0.29, 0.717) is 24.8 Å². The number of rotatable bonds is 6. The highest BCUT2D eigenvalue weighted by atomic mass is 19.3. The van der Waals surface area contributed by atoms with E-state index in [1.807, 2.05) is 0 Å². The SMILES string of the molecule is O=C(N(CC(O)c1ccc(F)cc1)C1CC1)C(F)(F)C1(O)CCC1. The Bertz CT molecular complexity index is 612. The van der Waals surface area contributed by atoms with Gasteiger partial charge in [-0.2, -0.15) is 8.78 Å². The molecule has 0 radical (unpaired) electrons. The Morgan fingerprint density at radius 1 is 1.29 bits per heavy atom. The average molecular weight is 343 g/mol. The van der Waals surface area contributed by atoms with Crippen LogP contribution in [0.2, 0.25) is 0 Å². The molecule has 4 nitrogen and oxygen atoms in total. The van der Waals surface area contributed by atoms with Crippen LogP contribution in [-0.4, -0.2) is 45.1 Å². The summed E-state index contributed by atoms with van der Waals surface area (Å²) >= 11 is 0. The molecule has 1 aromatic rings. The summed E-state index contributed by atoms with van der Waals surface area (Å²) in [5.41, 5.74) is -1.93. The summed E-state index contributed by atoms with van der Waals surface area (Å²) in [6, 6.07) is 4.68. The second kappa shape index (κ2) is 6.04. The molecular formula is C17H20F3NO3. The van der Waals surface area contributed by atoms with Crippen molar-refractivity contribution in [2.45, 2.75) is 55.8 Å². The number of carbonyl (C=O) groups is 1. The summed E-state index contributed by atoms with van der Waals surface area (Å²) in [5.74, 6) is -5.77. The summed E-state index contributed by atoms with van der Waals surface area (Å²) in [7, 11) is 0. The molecule has 0 bridgehead atoms. The Kier molecular flexibility index (Phi) is 4.34. The van der Waals surface area contributed by atoms with Crippen LogP contribution in [0.25, 0.3) is 0 Å². The fraction of sp³-hybridized carbons (Fsp3) is 0.588. The largest absolute Gasteiger partial charge is 0.387 e. The lowest BCUT2D eigenvalue weighted by Gasteiger charge is -2.43. The van der Waals surface area contributed by atoms with Crippen molar-refractivity contribution in [3.8, 4) is 0 Å². The predicted octanol–water partition coefficient (Wildman–Crippen LogP) is 2.40. The van der Waals surface area contributed by atoms with Crippen molar-refractivity contribution in [3.05, 3.63) is 35.6 Å². The third kappa shape index (κ3) is 3.02. The van der Waals surface area contributed by atoms with Crippen LogP contribution in [0.4, 0.5) is 13.2 Å².